The fourth-order valence-corrected chi connectivity index (χ4v) is 3.90. The largest absolute Gasteiger partial charge is 0.317 e. The molecule has 0 spiro atoms. The number of sulfonamides is 1. The Labute approximate surface area is 110 Å². The lowest BCUT2D eigenvalue weighted by atomic mass is 9.98. The van der Waals surface area contributed by atoms with E-state index in [4.69, 9.17) is 5.26 Å². The van der Waals surface area contributed by atoms with Crippen molar-refractivity contribution in [1.29, 1.82) is 5.26 Å². The summed E-state index contributed by atoms with van der Waals surface area (Å²) in [6.45, 7) is 6.82. The van der Waals surface area contributed by atoms with E-state index in [1.165, 1.54) is 4.31 Å². The summed E-state index contributed by atoms with van der Waals surface area (Å²) in [5, 5.41) is 11.3. The summed E-state index contributed by atoms with van der Waals surface area (Å²) in [6, 6.07) is 1.89. The Kier molecular flexibility index (Phi) is 6.06. The zero-order chi connectivity index (χ0) is 13.6. The average molecular weight is 273 g/mol. The monoisotopic (exact) mass is 273 g/mol. The number of rotatable bonds is 6. The van der Waals surface area contributed by atoms with Gasteiger partial charge in [-0.25, -0.2) is 12.7 Å². The molecule has 1 N–H and O–H groups in total. The Morgan fingerprint density at radius 3 is 2.44 bits per heavy atom. The quantitative estimate of drug-likeness (QED) is 0.781. The van der Waals surface area contributed by atoms with Crippen molar-refractivity contribution >= 4 is 10.0 Å². The minimum atomic E-state index is -3.42. The highest BCUT2D eigenvalue weighted by Crippen LogP contribution is 2.22. The van der Waals surface area contributed by atoms with Gasteiger partial charge in [0.05, 0.1) is 6.07 Å². The van der Waals surface area contributed by atoms with Crippen molar-refractivity contribution in [3.8, 4) is 6.07 Å². The van der Waals surface area contributed by atoms with E-state index < -0.39 is 15.3 Å². The normalized spacial score (nSPS) is 20.5. The summed E-state index contributed by atoms with van der Waals surface area (Å²) in [6.07, 6.45) is 2.12. The van der Waals surface area contributed by atoms with Crippen LogP contribution >= 0.6 is 0 Å². The molecule has 18 heavy (non-hydrogen) atoms. The van der Waals surface area contributed by atoms with Crippen LogP contribution in [0.1, 0.15) is 33.1 Å². The molecule has 0 radical (unpaired) electrons. The predicted octanol–water partition coefficient (Wildman–Crippen LogP) is 0.940. The summed E-state index contributed by atoms with van der Waals surface area (Å²) in [5.41, 5.74) is 0. The standard InChI is InChI=1S/C12H23N3O2S/c1-3-12(9-13)18(16,17)15-7-5-11(6-8-15)10-14-4-2/h11-12,14H,3-8,10H2,1-2H3. The van der Waals surface area contributed by atoms with Crippen LogP contribution in [-0.2, 0) is 10.0 Å². The van der Waals surface area contributed by atoms with Crippen molar-refractivity contribution in [2.24, 2.45) is 5.92 Å². The Morgan fingerprint density at radius 1 is 1.39 bits per heavy atom. The van der Waals surface area contributed by atoms with E-state index in [0.717, 1.165) is 25.9 Å². The molecule has 1 unspecified atom stereocenters. The van der Waals surface area contributed by atoms with Gasteiger partial charge in [0.2, 0.25) is 10.0 Å². The van der Waals surface area contributed by atoms with Crippen LogP contribution in [0.15, 0.2) is 0 Å². The van der Waals surface area contributed by atoms with Crippen molar-refractivity contribution in [2.45, 2.75) is 38.4 Å². The molecule has 0 aromatic rings. The molecule has 5 nitrogen and oxygen atoms in total. The van der Waals surface area contributed by atoms with E-state index in [1.807, 2.05) is 6.07 Å². The van der Waals surface area contributed by atoms with Gasteiger partial charge in [-0.15, -0.1) is 0 Å². The van der Waals surface area contributed by atoms with Gasteiger partial charge < -0.3 is 5.32 Å². The molecule has 1 aliphatic heterocycles. The van der Waals surface area contributed by atoms with Crippen molar-refractivity contribution in [3.63, 3.8) is 0 Å². The van der Waals surface area contributed by atoms with Gasteiger partial charge in [-0.1, -0.05) is 13.8 Å². The second-order valence-corrected chi connectivity index (χ2v) is 6.84. The van der Waals surface area contributed by atoms with E-state index in [0.29, 0.717) is 25.4 Å². The molecule has 0 aliphatic carbocycles. The molecule has 1 atom stereocenters. The first-order chi connectivity index (χ1) is 8.56. The molecule has 6 heteroatoms. The van der Waals surface area contributed by atoms with Gasteiger partial charge in [-0.2, -0.15) is 5.26 Å². The Hall–Kier alpha value is -0.640. The zero-order valence-corrected chi connectivity index (χ0v) is 12.0. The molecule has 0 saturated carbocycles. The summed E-state index contributed by atoms with van der Waals surface area (Å²) in [5.74, 6) is 0.554. The molecular weight excluding hydrogens is 250 g/mol. The minimum absolute atomic E-state index is 0.357. The second-order valence-electron chi connectivity index (χ2n) is 4.72. The molecule has 0 bridgehead atoms. The molecule has 1 aliphatic rings. The number of hydrogen-bond donors (Lipinski definition) is 1. The zero-order valence-electron chi connectivity index (χ0n) is 11.2. The van der Waals surface area contributed by atoms with Crippen LogP contribution in [0.3, 0.4) is 0 Å². The summed E-state index contributed by atoms with van der Waals surface area (Å²) >= 11 is 0. The van der Waals surface area contributed by atoms with Crippen LogP contribution in [0.5, 0.6) is 0 Å². The maximum Gasteiger partial charge on any atom is 0.230 e. The predicted molar refractivity (Wildman–Crippen MR) is 71.5 cm³/mol. The van der Waals surface area contributed by atoms with E-state index in [-0.39, 0.29) is 0 Å². The fourth-order valence-electron chi connectivity index (χ4n) is 2.26. The maximum absolute atomic E-state index is 12.2. The average Bonchev–Trinajstić information content (AvgIpc) is 2.38. The van der Waals surface area contributed by atoms with Crippen LogP contribution < -0.4 is 5.32 Å². The Balaban J connectivity index is 2.55. The molecule has 1 fully saturated rings. The van der Waals surface area contributed by atoms with Crippen LogP contribution in [0.25, 0.3) is 0 Å². The second kappa shape index (κ2) is 7.07. The first-order valence-corrected chi connectivity index (χ1v) is 8.15. The van der Waals surface area contributed by atoms with Crippen molar-refractivity contribution < 1.29 is 8.42 Å². The van der Waals surface area contributed by atoms with E-state index in [1.54, 1.807) is 6.92 Å². The number of piperidine rings is 1. The lowest BCUT2D eigenvalue weighted by Crippen LogP contribution is -2.44. The van der Waals surface area contributed by atoms with Gasteiger partial charge in [0.25, 0.3) is 0 Å². The van der Waals surface area contributed by atoms with E-state index >= 15 is 0 Å². The number of nitrogens with zero attached hydrogens (tertiary/aromatic N) is 2. The van der Waals surface area contributed by atoms with Gasteiger partial charge in [-0.3, -0.25) is 0 Å². The van der Waals surface area contributed by atoms with Crippen LogP contribution in [0.2, 0.25) is 0 Å². The highest BCUT2D eigenvalue weighted by atomic mass is 32.2. The molecule has 1 saturated heterocycles. The third-order valence-electron chi connectivity index (χ3n) is 3.49. The van der Waals surface area contributed by atoms with Crippen molar-refractivity contribution in [2.75, 3.05) is 26.2 Å². The van der Waals surface area contributed by atoms with Gasteiger partial charge in [0.1, 0.15) is 0 Å². The summed E-state index contributed by atoms with van der Waals surface area (Å²) in [4.78, 5) is 0. The molecule has 0 amide bonds. The summed E-state index contributed by atoms with van der Waals surface area (Å²) in [7, 11) is -3.42. The minimum Gasteiger partial charge on any atom is -0.317 e. The lowest BCUT2D eigenvalue weighted by molar-refractivity contribution is 0.267. The lowest BCUT2D eigenvalue weighted by Gasteiger charge is -2.32. The van der Waals surface area contributed by atoms with Gasteiger partial charge in [0.15, 0.2) is 5.25 Å². The SMILES string of the molecule is CCNCC1CCN(S(=O)(=O)C(C#N)CC)CC1. The number of nitriles is 1. The number of nitrogens with one attached hydrogen (secondary N) is 1. The molecular formula is C12H23N3O2S. The third-order valence-corrected chi connectivity index (χ3v) is 5.73. The highest BCUT2D eigenvalue weighted by Gasteiger charge is 2.33. The molecule has 104 valence electrons. The number of hydrogen-bond acceptors (Lipinski definition) is 4. The Bertz CT molecular complexity index is 381. The first-order valence-electron chi connectivity index (χ1n) is 6.65. The summed E-state index contributed by atoms with van der Waals surface area (Å²) < 4.78 is 25.8. The Morgan fingerprint density at radius 2 is 2.00 bits per heavy atom. The molecule has 0 aromatic heterocycles. The molecule has 1 rings (SSSR count). The molecule has 0 aromatic carbocycles. The van der Waals surface area contributed by atoms with E-state index in [2.05, 4.69) is 12.2 Å². The fraction of sp³-hybridized carbons (Fsp3) is 0.917. The van der Waals surface area contributed by atoms with Crippen LogP contribution in [0, 0.1) is 17.2 Å². The molecule has 1 heterocycles. The van der Waals surface area contributed by atoms with Crippen LogP contribution in [-0.4, -0.2) is 44.2 Å². The maximum atomic E-state index is 12.2. The van der Waals surface area contributed by atoms with Crippen LogP contribution in [0.4, 0.5) is 0 Å². The van der Waals surface area contributed by atoms with Crippen molar-refractivity contribution in [1.82, 2.24) is 9.62 Å². The highest BCUT2D eigenvalue weighted by molar-refractivity contribution is 7.90. The van der Waals surface area contributed by atoms with Gasteiger partial charge in [0, 0.05) is 13.1 Å². The van der Waals surface area contributed by atoms with Gasteiger partial charge in [-0.05, 0) is 38.3 Å². The van der Waals surface area contributed by atoms with E-state index in [9.17, 15) is 8.42 Å². The third kappa shape index (κ3) is 3.67. The van der Waals surface area contributed by atoms with Gasteiger partial charge >= 0.3 is 0 Å². The topological polar surface area (TPSA) is 73.2 Å². The van der Waals surface area contributed by atoms with Crippen molar-refractivity contribution in [3.05, 3.63) is 0 Å². The first kappa shape index (κ1) is 15.4. The smallest absolute Gasteiger partial charge is 0.230 e.